The maximum Gasteiger partial charge on any atom is 0.269 e. The first-order valence-electron chi connectivity index (χ1n) is 6.29. The van der Waals surface area contributed by atoms with Crippen LogP contribution in [0.25, 0.3) is 6.08 Å². The lowest BCUT2D eigenvalue weighted by Gasteiger charge is -2.10. The van der Waals surface area contributed by atoms with Crippen LogP contribution >= 0.6 is 0 Å². The minimum Gasteiger partial charge on any atom is -0.350 e. The van der Waals surface area contributed by atoms with E-state index in [2.05, 4.69) is 5.32 Å². The molecule has 0 heterocycles. The molecular formula is C14H16N2O3. The molecule has 1 aliphatic rings. The van der Waals surface area contributed by atoms with Crippen molar-refractivity contribution in [3.8, 4) is 0 Å². The second-order valence-electron chi connectivity index (χ2n) is 4.82. The van der Waals surface area contributed by atoms with E-state index < -0.39 is 4.92 Å². The minimum atomic E-state index is -0.447. The molecule has 1 atom stereocenters. The van der Waals surface area contributed by atoms with Crippen molar-refractivity contribution in [1.29, 1.82) is 0 Å². The molecule has 1 aromatic rings. The van der Waals surface area contributed by atoms with E-state index in [-0.39, 0.29) is 17.6 Å². The number of nitro benzene ring substituents is 1. The van der Waals surface area contributed by atoms with Gasteiger partial charge in [-0.25, -0.2) is 0 Å². The van der Waals surface area contributed by atoms with Crippen LogP contribution in [-0.4, -0.2) is 16.9 Å². The summed E-state index contributed by atoms with van der Waals surface area (Å²) < 4.78 is 0. The van der Waals surface area contributed by atoms with Gasteiger partial charge < -0.3 is 5.32 Å². The largest absolute Gasteiger partial charge is 0.350 e. The lowest BCUT2D eigenvalue weighted by atomic mass is 10.2. The maximum absolute atomic E-state index is 11.6. The zero-order valence-corrected chi connectivity index (χ0v) is 10.7. The van der Waals surface area contributed by atoms with E-state index in [0.29, 0.717) is 5.92 Å². The van der Waals surface area contributed by atoms with Gasteiger partial charge in [-0.15, -0.1) is 0 Å². The molecule has 1 saturated carbocycles. The Balaban J connectivity index is 1.90. The maximum atomic E-state index is 11.6. The number of nitrogens with one attached hydrogen (secondary N) is 1. The normalized spacial score (nSPS) is 16.3. The Morgan fingerprint density at radius 3 is 2.58 bits per heavy atom. The molecule has 1 aromatic carbocycles. The second kappa shape index (κ2) is 5.65. The molecule has 1 fully saturated rings. The number of benzene rings is 1. The molecule has 0 bridgehead atoms. The van der Waals surface area contributed by atoms with E-state index in [4.69, 9.17) is 0 Å². The molecule has 0 saturated heterocycles. The summed E-state index contributed by atoms with van der Waals surface area (Å²) in [5.41, 5.74) is 0.809. The third-order valence-corrected chi connectivity index (χ3v) is 3.23. The summed E-state index contributed by atoms with van der Waals surface area (Å²) in [6.45, 7) is 2.01. The third-order valence-electron chi connectivity index (χ3n) is 3.23. The Kier molecular flexibility index (Phi) is 3.94. The molecule has 1 aliphatic carbocycles. The molecule has 19 heavy (non-hydrogen) atoms. The highest BCUT2D eigenvalue weighted by Gasteiger charge is 2.28. The number of nitrogens with zero attached hydrogens (tertiary/aromatic N) is 1. The van der Waals surface area contributed by atoms with Gasteiger partial charge in [0.1, 0.15) is 0 Å². The Labute approximate surface area is 111 Å². The van der Waals surface area contributed by atoms with E-state index in [9.17, 15) is 14.9 Å². The van der Waals surface area contributed by atoms with E-state index in [1.165, 1.54) is 31.1 Å². The zero-order chi connectivity index (χ0) is 13.8. The van der Waals surface area contributed by atoms with Crippen LogP contribution in [-0.2, 0) is 4.79 Å². The Hall–Kier alpha value is -2.17. The van der Waals surface area contributed by atoms with Gasteiger partial charge in [0.25, 0.3) is 5.69 Å². The van der Waals surface area contributed by atoms with Gasteiger partial charge in [-0.05, 0) is 49.5 Å². The molecule has 0 spiro atoms. The van der Waals surface area contributed by atoms with Crippen LogP contribution in [0.1, 0.15) is 25.3 Å². The number of carbonyl (C=O) groups is 1. The fraction of sp³-hybridized carbons (Fsp3) is 0.357. The lowest BCUT2D eigenvalue weighted by molar-refractivity contribution is -0.384. The summed E-state index contributed by atoms with van der Waals surface area (Å²) in [4.78, 5) is 21.7. The highest BCUT2D eigenvalue weighted by molar-refractivity contribution is 5.91. The summed E-state index contributed by atoms with van der Waals surface area (Å²) in [6, 6.07) is 6.29. The third kappa shape index (κ3) is 3.91. The highest BCUT2D eigenvalue weighted by atomic mass is 16.6. The molecular weight excluding hydrogens is 244 g/mol. The van der Waals surface area contributed by atoms with Crippen molar-refractivity contribution in [2.24, 2.45) is 5.92 Å². The number of hydrogen-bond donors (Lipinski definition) is 1. The molecule has 1 N–H and O–H groups in total. The summed E-state index contributed by atoms with van der Waals surface area (Å²) in [6.07, 6.45) is 5.49. The highest BCUT2D eigenvalue weighted by Crippen LogP contribution is 2.32. The number of rotatable bonds is 5. The molecule has 0 radical (unpaired) electrons. The van der Waals surface area contributed by atoms with Crippen molar-refractivity contribution in [3.05, 3.63) is 46.0 Å². The predicted molar refractivity (Wildman–Crippen MR) is 72.5 cm³/mol. The van der Waals surface area contributed by atoms with Crippen LogP contribution in [0.4, 0.5) is 5.69 Å². The van der Waals surface area contributed by atoms with Crippen molar-refractivity contribution in [3.63, 3.8) is 0 Å². The van der Waals surface area contributed by atoms with Crippen LogP contribution in [0, 0.1) is 16.0 Å². The fourth-order valence-electron chi connectivity index (χ4n) is 1.87. The van der Waals surface area contributed by atoms with Gasteiger partial charge in [0.05, 0.1) is 4.92 Å². The van der Waals surface area contributed by atoms with Crippen LogP contribution in [0.2, 0.25) is 0 Å². The van der Waals surface area contributed by atoms with Gasteiger partial charge in [0.2, 0.25) is 5.91 Å². The van der Waals surface area contributed by atoms with Crippen molar-refractivity contribution < 1.29 is 9.72 Å². The molecule has 0 aliphatic heterocycles. The first-order chi connectivity index (χ1) is 9.06. The van der Waals surface area contributed by atoms with Gasteiger partial charge in [-0.3, -0.25) is 14.9 Å². The molecule has 0 aromatic heterocycles. The molecule has 5 nitrogen and oxygen atoms in total. The van der Waals surface area contributed by atoms with Crippen molar-refractivity contribution >= 4 is 17.7 Å². The smallest absolute Gasteiger partial charge is 0.269 e. The number of non-ortho nitro benzene ring substituents is 1. The second-order valence-corrected chi connectivity index (χ2v) is 4.82. The average Bonchev–Trinajstić information content (AvgIpc) is 3.21. The predicted octanol–water partition coefficient (Wildman–Crippen LogP) is 2.52. The molecule has 5 heteroatoms. The summed E-state index contributed by atoms with van der Waals surface area (Å²) >= 11 is 0. The monoisotopic (exact) mass is 260 g/mol. The molecule has 1 amide bonds. The van der Waals surface area contributed by atoms with E-state index in [1.807, 2.05) is 6.92 Å². The number of nitro groups is 1. The Morgan fingerprint density at radius 1 is 1.42 bits per heavy atom. The van der Waals surface area contributed by atoms with Crippen LogP contribution in [0.3, 0.4) is 0 Å². The number of hydrogen-bond acceptors (Lipinski definition) is 3. The average molecular weight is 260 g/mol. The zero-order valence-electron chi connectivity index (χ0n) is 10.7. The quantitative estimate of drug-likeness (QED) is 0.502. The topological polar surface area (TPSA) is 72.2 Å². The number of amides is 1. The summed E-state index contributed by atoms with van der Waals surface area (Å²) in [7, 11) is 0. The van der Waals surface area contributed by atoms with Crippen molar-refractivity contribution in [1.82, 2.24) is 5.32 Å². The Bertz CT molecular complexity index is 504. The molecule has 100 valence electrons. The van der Waals surface area contributed by atoms with Gasteiger partial charge in [-0.2, -0.15) is 0 Å². The molecule has 2 rings (SSSR count). The van der Waals surface area contributed by atoms with Gasteiger partial charge in [-0.1, -0.05) is 0 Å². The van der Waals surface area contributed by atoms with Gasteiger partial charge >= 0.3 is 0 Å². The minimum absolute atomic E-state index is 0.0453. The van der Waals surface area contributed by atoms with Crippen LogP contribution in [0.15, 0.2) is 30.3 Å². The summed E-state index contributed by atoms with van der Waals surface area (Å²) in [5.74, 6) is 0.495. The first kappa shape index (κ1) is 13.3. The van der Waals surface area contributed by atoms with E-state index >= 15 is 0 Å². The summed E-state index contributed by atoms with van der Waals surface area (Å²) in [5, 5.41) is 13.4. The fourth-order valence-corrected chi connectivity index (χ4v) is 1.87. The lowest BCUT2D eigenvalue weighted by Crippen LogP contribution is -2.32. The van der Waals surface area contributed by atoms with Crippen molar-refractivity contribution in [2.75, 3.05) is 0 Å². The molecule has 1 unspecified atom stereocenters. The number of carbonyl (C=O) groups excluding carboxylic acids is 1. The van der Waals surface area contributed by atoms with Crippen LogP contribution < -0.4 is 5.32 Å². The van der Waals surface area contributed by atoms with Crippen molar-refractivity contribution in [2.45, 2.75) is 25.8 Å². The van der Waals surface area contributed by atoms with Crippen LogP contribution in [0.5, 0.6) is 0 Å². The Morgan fingerprint density at radius 2 is 2.05 bits per heavy atom. The van der Waals surface area contributed by atoms with Gasteiger partial charge in [0, 0.05) is 24.3 Å². The van der Waals surface area contributed by atoms with E-state index in [1.54, 1.807) is 18.2 Å². The van der Waals surface area contributed by atoms with Gasteiger partial charge in [0.15, 0.2) is 0 Å². The first-order valence-corrected chi connectivity index (χ1v) is 6.29. The standard InChI is InChI=1S/C14H16N2O3/c1-10(12-5-6-12)15-14(17)9-4-11-2-7-13(8-3-11)16(18)19/h2-4,7-10,12H,5-6H2,1H3,(H,15,17)/b9-4+. The SMILES string of the molecule is CC(NC(=O)/C=C/c1ccc([N+](=O)[O-])cc1)C1CC1. The van der Waals surface area contributed by atoms with E-state index in [0.717, 1.165) is 5.56 Å².